The third-order valence-corrected chi connectivity index (χ3v) is 2.28. The van der Waals surface area contributed by atoms with Gasteiger partial charge in [0.15, 0.2) is 6.33 Å². The minimum absolute atomic E-state index is 0.512. The smallest absolute Gasteiger partial charge is 0.257 e. The molecule has 0 amide bonds. The maximum absolute atomic E-state index is 5.74. The Morgan fingerprint density at radius 3 is 2.71 bits per heavy atom. The first-order chi connectivity index (χ1) is 6.68. The molecule has 0 aliphatic rings. The maximum Gasteiger partial charge on any atom is 0.257 e. The van der Waals surface area contributed by atoms with Gasteiger partial charge in [0, 0.05) is 11.3 Å². The summed E-state index contributed by atoms with van der Waals surface area (Å²) in [6.07, 6.45) is 1.38. The molecular weight excluding hydrogens is 178 g/mol. The van der Waals surface area contributed by atoms with Crippen molar-refractivity contribution in [1.82, 2.24) is 10.1 Å². The van der Waals surface area contributed by atoms with E-state index in [2.05, 4.69) is 10.1 Å². The van der Waals surface area contributed by atoms with Crippen molar-refractivity contribution < 1.29 is 4.52 Å². The first-order valence-corrected chi connectivity index (χ1v) is 4.32. The van der Waals surface area contributed by atoms with Crippen molar-refractivity contribution in [2.75, 3.05) is 5.73 Å². The van der Waals surface area contributed by atoms with Crippen LogP contribution in [0.15, 0.2) is 23.0 Å². The van der Waals surface area contributed by atoms with E-state index in [1.54, 1.807) is 0 Å². The number of anilines is 1. The van der Waals surface area contributed by atoms with E-state index < -0.39 is 0 Å². The van der Waals surface area contributed by atoms with Gasteiger partial charge >= 0.3 is 0 Å². The van der Waals surface area contributed by atoms with Gasteiger partial charge in [-0.3, -0.25) is 0 Å². The number of aryl methyl sites for hydroxylation is 1. The number of aromatic nitrogens is 2. The molecule has 0 aliphatic carbocycles. The highest BCUT2D eigenvalue weighted by Crippen LogP contribution is 2.26. The molecule has 2 rings (SSSR count). The van der Waals surface area contributed by atoms with Gasteiger partial charge in [0.25, 0.3) is 5.89 Å². The molecule has 2 N–H and O–H groups in total. The van der Waals surface area contributed by atoms with Gasteiger partial charge in [-0.1, -0.05) is 5.16 Å². The number of benzene rings is 1. The highest BCUT2D eigenvalue weighted by Gasteiger charge is 2.09. The molecule has 4 nitrogen and oxygen atoms in total. The molecule has 1 aromatic carbocycles. The van der Waals surface area contributed by atoms with Gasteiger partial charge in [0.2, 0.25) is 0 Å². The van der Waals surface area contributed by atoms with Gasteiger partial charge in [-0.25, -0.2) is 0 Å². The van der Waals surface area contributed by atoms with Crippen LogP contribution >= 0.6 is 0 Å². The van der Waals surface area contributed by atoms with Crippen molar-refractivity contribution in [2.24, 2.45) is 0 Å². The molecule has 1 heterocycles. The van der Waals surface area contributed by atoms with Crippen LogP contribution in [0.4, 0.5) is 5.69 Å². The van der Waals surface area contributed by atoms with Crippen molar-refractivity contribution >= 4 is 5.69 Å². The van der Waals surface area contributed by atoms with Crippen molar-refractivity contribution in [3.05, 3.63) is 29.6 Å². The van der Waals surface area contributed by atoms with Gasteiger partial charge in [0.1, 0.15) is 0 Å². The highest BCUT2D eigenvalue weighted by molar-refractivity contribution is 5.66. The average molecular weight is 189 g/mol. The van der Waals surface area contributed by atoms with E-state index >= 15 is 0 Å². The van der Waals surface area contributed by atoms with E-state index in [-0.39, 0.29) is 0 Å². The average Bonchev–Trinajstić information content (AvgIpc) is 2.63. The van der Waals surface area contributed by atoms with Crippen LogP contribution < -0.4 is 5.73 Å². The Balaban J connectivity index is 2.64. The predicted octanol–water partition coefficient (Wildman–Crippen LogP) is 1.94. The lowest BCUT2D eigenvalue weighted by molar-refractivity contribution is 0.430. The molecule has 0 atom stereocenters. The van der Waals surface area contributed by atoms with Crippen LogP contribution in [0.5, 0.6) is 0 Å². The van der Waals surface area contributed by atoms with Crippen molar-refractivity contribution in [2.45, 2.75) is 13.8 Å². The topological polar surface area (TPSA) is 64.9 Å². The fraction of sp³-hybridized carbons (Fsp3) is 0.200. The number of rotatable bonds is 1. The molecule has 14 heavy (non-hydrogen) atoms. The van der Waals surface area contributed by atoms with Gasteiger partial charge < -0.3 is 10.3 Å². The second-order valence-corrected chi connectivity index (χ2v) is 3.26. The molecule has 2 aromatic rings. The van der Waals surface area contributed by atoms with Gasteiger partial charge in [-0.2, -0.15) is 4.98 Å². The molecule has 1 aromatic heterocycles. The first kappa shape index (κ1) is 8.74. The zero-order chi connectivity index (χ0) is 10.1. The van der Waals surface area contributed by atoms with Gasteiger partial charge in [-0.15, -0.1) is 0 Å². The molecular formula is C10H11N3O. The lowest BCUT2D eigenvalue weighted by Crippen LogP contribution is -1.92. The zero-order valence-electron chi connectivity index (χ0n) is 8.11. The van der Waals surface area contributed by atoms with Crippen LogP contribution in [0.1, 0.15) is 11.1 Å². The molecule has 0 saturated heterocycles. The summed E-state index contributed by atoms with van der Waals surface area (Å²) in [4.78, 5) is 4.00. The van der Waals surface area contributed by atoms with E-state index in [0.717, 1.165) is 16.7 Å². The number of hydrogen-bond donors (Lipinski definition) is 1. The van der Waals surface area contributed by atoms with Crippen LogP contribution in [-0.4, -0.2) is 10.1 Å². The summed E-state index contributed by atoms with van der Waals surface area (Å²) in [5.41, 5.74) is 9.59. The van der Waals surface area contributed by atoms with Gasteiger partial charge in [0.05, 0.1) is 0 Å². The van der Waals surface area contributed by atoms with E-state index in [1.165, 1.54) is 6.33 Å². The molecule has 0 bridgehead atoms. The molecule has 4 heteroatoms. The summed E-state index contributed by atoms with van der Waals surface area (Å²) in [7, 11) is 0. The quantitative estimate of drug-likeness (QED) is 0.696. The number of nitrogen functional groups attached to an aromatic ring is 1. The number of hydrogen-bond acceptors (Lipinski definition) is 4. The molecule has 0 aliphatic heterocycles. The predicted molar refractivity (Wildman–Crippen MR) is 53.6 cm³/mol. The van der Waals surface area contributed by atoms with E-state index in [4.69, 9.17) is 10.3 Å². The normalized spacial score (nSPS) is 10.4. The lowest BCUT2D eigenvalue weighted by Gasteiger charge is -2.06. The van der Waals surface area contributed by atoms with E-state index in [9.17, 15) is 0 Å². The fourth-order valence-electron chi connectivity index (χ4n) is 1.40. The lowest BCUT2D eigenvalue weighted by atomic mass is 10.0. The molecule has 72 valence electrons. The van der Waals surface area contributed by atoms with Crippen LogP contribution in [0.25, 0.3) is 11.5 Å². The molecule has 0 saturated carbocycles. The maximum atomic E-state index is 5.74. The summed E-state index contributed by atoms with van der Waals surface area (Å²) in [6, 6.07) is 3.77. The fourth-order valence-corrected chi connectivity index (χ4v) is 1.40. The van der Waals surface area contributed by atoms with E-state index in [0.29, 0.717) is 11.6 Å². The van der Waals surface area contributed by atoms with Crippen molar-refractivity contribution in [1.29, 1.82) is 0 Å². The molecule has 0 fully saturated rings. The standard InChI is InChI=1S/C10H11N3O/c1-6-3-8(11)4-9(7(6)2)10-12-5-13-14-10/h3-5H,11H2,1-2H3. The van der Waals surface area contributed by atoms with Crippen molar-refractivity contribution in [3.8, 4) is 11.5 Å². The van der Waals surface area contributed by atoms with Crippen molar-refractivity contribution in [3.63, 3.8) is 0 Å². The second-order valence-electron chi connectivity index (χ2n) is 3.26. The van der Waals surface area contributed by atoms with Gasteiger partial charge in [-0.05, 0) is 37.1 Å². The largest absolute Gasteiger partial charge is 0.399 e. The van der Waals surface area contributed by atoms with Crippen LogP contribution in [0, 0.1) is 13.8 Å². The third kappa shape index (κ3) is 1.35. The number of nitrogens with two attached hydrogens (primary N) is 1. The Hall–Kier alpha value is -1.84. The van der Waals surface area contributed by atoms with Crippen LogP contribution in [-0.2, 0) is 0 Å². The monoisotopic (exact) mass is 189 g/mol. The Morgan fingerprint density at radius 2 is 2.07 bits per heavy atom. The molecule has 0 unspecified atom stereocenters. The summed E-state index contributed by atoms with van der Waals surface area (Å²) in [6.45, 7) is 4.01. The zero-order valence-corrected chi connectivity index (χ0v) is 8.11. The second kappa shape index (κ2) is 3.14. The third-order valence-electron chi connectivity index (χ3n) is 2.28. The minimum atomic E-state index is 0.512. The van der Waals surface area contributed by atoms with Crippen LogP contribution in [0.3, 0.4) is 0 Å². The minimum Gasteiger partial charge on any atom is -0.399 e. The summed E-state index contributed by atoms with van der Waals surface area (Å²) in [5, 5.41) is 3.57. The Bertz CT molecular complexity index is 449. The first-order valence-electron chi connectivity index (χ1n) is 4.32. The van der Waals surface area contributed by atoms with Crippen LogP contribution in [0.2, 0.25) is 0 Å². The van der Waals surface area contributed by atoms with E-state index in [1.807, 2.05) is 26.0 Å². The Kier molecular flexibility index (Phi) is 1.96. The highest BCUT2D eigenvalue weighted by atomic mass is 16.5. The summed E-state index contributed by atoms with van der Waals surface area (Å²) in [5.74, 6) is 0.512. The SMILES string of the molecule is Cc1cc(N)cc(-c2ncno2)c1C. The molecule has 0 spiro atoms. The Morgan fingerprint density at radius 1 is 1.29 bits per heavy atom. The Labute approximate surface area is 81.7 Å². The summed E-state index contributed by atoms with van der Waals surface area (Å²) >= 11 is 0. The summed E-state index contributed by atoms with van der Waals surface area (Å²) < 4.78 is 4.99. The number of nitrogens with zero attached hydrogens (tertiary/aromatic N) is 2. The molecule has 0 radical (unpaired) electrons.